The van der Waals surface area contributed by atoms with Gasteiger partial charge in [0, 0.05) is 13.2 Å². The number of hydrogen-bond acceptors (Lipinski definition) is 2. The number of rotatable bonds is 22. The maximum absolute atomic E-state index is 6.32. The molecule has 0 saturated heterocycles. The van der Waals surface area contributed by atoms with E-state index < -0.39 is 0 Å². The van der Waals surface area contributed by atoms with Gasteiger partial charge in [0.25, 0.3) is 0 Å². The van der Waals surface area contributed by atoms with Crippen LogP contribution >= 0.6 is 0 Å². The summed E-state index contributed by atoms with van der Waals surface area (Å²) in [7, 11) is 13.8. The summed E-state index contributed by atoms with van der Waals surface area (Å²) in [6.07, 6.45) is 15.8. The van der Waals surface area contributed by atoms with Gasteiger partial charge in [-0.15, -0.1) is 0 Å². The quantitative estimate of drug-likeness (QED) is 0.0912. The second-order valence-electron chi connectivity index (χ2n) is 12.0. The number of hydrogen-bond donors (Lipinski definition) is 0. The summed E-state index contributed by atoms with van der Waals surface area (Å²) < 4.78 is 14.5. The van der Waals surface area contributed by atoms with Crippen LogP contribution in [0.5, 0.6) is 0 Å². The van der Waals surface area contributed by atoms with Crippen LogP contribution in [0.25, 0.3) is 0 Å². The summed E-state index contributed by atoms with van der Waals surface area (Å²) in [5.41, 5.74) is 0.0565. The molecule has 0 fully saturated rings. The van der Waals surface area contributed by atoms with Gasteiger partial charge in [0.1, 0.15) is 5.41 Å². The largest absolute Gasteiger partial charge is 1.00 e. The summed E-state index contributed by atoms with van der Waals surface area (Å²) in [5.74, 6) is 0. The van der Waals surface area contributed by atoms with Crippen molar-refractivity contribution in [1.29, 1.82) is 0 Å². The van der Waals surface area contributed by atoms with Gasteiger partial charge in [0.2, 0.25) is 0 Å². The minimum absolute atomic E-state index is 0. The highest BCUT2D eigenvalue weighted by Gasteiger charge is 2.41. The summed E-state index contributed by atoms with van der Waals surface area (Å²) in [4.78, 5) is 0. The second-order valence-corrected chi connectivity index (χ2v) is 12.0. The van der Waals surface area contributed by atoms with E-state index in [-0.39, 0.29) is 53.4 Å². The molecule has 0 saturated carbocycles. The summed E-state index contributed by atoms with van der Waals surface area (Å²) in [6.45, 7) is 10.1. The number of nitrogens with zero attached hydrogens (tertiary/aromatic N) is 2. The molecule has 4 nitrogen and oxygen atoms in total. The van der Waals surface area contributed by atoms with Crippen molar-refractivity contribution >= 4 is 0 Å². The molecule has 0 N–H and O–H groups in total. The summed E-state index contributed by atoms with van der Waals surface area (Å²) in [5, 5.41) is 0. The first-order valence-corrected chi connectivity index (χ1v) is 13.3. The zero-order valence-electron chi connectivity index (χ0n) is 23.7. The number of ether oxygens (including phenoxy) is 2. The van der Waals surface area contributed by atoms with Crippen LogP contribution in [-0.4, -0.2) is 90.8 Å². The van der Waals surface area contributed by atoms with Crippen molar-refractivity contribution in [2.45, 2.75) is 90.9 Å². The Morgan fingerprint density at radius 2 is 0.788 bits per heavy atom. The predicted molar refractivity (Wildman–Crippen MR) is 137 cm³/mol. The first-order chi connectivity index (χ1) is 14.5. The number of halogens is 2. The SMILES string of the molecule is CCCCCCCCOCC(COCCCCCCCC)(C[N+](C)(C)C)C[N+](C)(C)C.[I-].[I-]. The molecule has 0 aliphatic carbocycles. The van der Waals surface area contributed by atoms with E-state index in [4.69, 9.17) is 9.47 Å². The predicted octanol–water partition coefficient (Wildman–Crippen LogP) is 0.147. The van der Waals surface area contributed by atoms with Gasteiger partial charge in [-0.3, -0.25) is 0 Å². The maximum Gasteiger partial charge on any atom is 0.115 e. The van der Waals surface area contributed by atoms with Crippen molar-refractivity contribution in [2.24, 2.45) is 5.41 Å². The van der Waals surface area contributed by atoms with Gasteiger partial charge in [-0.25, -0.2) is 0 Å². The van der Waals surface area contributed by atoms with Crippen LogP contribution < -0.4 is 48.0 Å². The molecule has 0 aromatic rings. The monoisotopic (exact) mass is 698 g/mol. The molecule has 0 aromatic heterocycles. The Balaban J connectivity index is -0.00000450. The van der Waals surface area contributed by atoms with Gasteiger partial charge in [-0.1, -0.05) is 78.1 Å². The topological polar surface area (TPSA) is 18.5 Å². The van der Waals surface area contributed by atoms with Crippen molar-refractivity contribution in [3.05, 3.63) is 0 Å². The molecule has 0 radical (unpaired) electrons. The third-order valence-corrected chi connectivity index (χ3v) is 5.72. The van der Waals surface area contributed by atoms with Gasteiger partial charge in [-0.2, -0.15) is 0 Å². The Hall–Kier alpha value is 1.30. The van der Waals surface area contributed by atoms with E-state index in [2.05, 4.69) is 56.1 Å². The standard InChI is InChI=1S/C27H60N2O2.2HI/c1-9-11-13-15-17-19-21-30-25-27(23-28(3,4)5,24-29(6,7)8)26-31-22-20-18-16-14-12-10-2;;/h9-26H2,1-8H3;2*1H/q+2;;/p-2. The van der Waals surface area contributed by atoms with Gasteiger partial charge < -0.3 is 66.4 Å². The molecule has 0 rings (SSSR count). The van der Waals surface area contributed by atoms with Crippen LogP contribution in [0.3, 0.4) is 0 Å². The number of quaternary nitrogens is 2. The van der Waals surface area contributed by atoms with Crippen molar-refractivity contribution in [1.82, 2.24) is 0 Å². The lowest BCUT2D eigenvalue weighted by Gasteiger charge is -2.42. The van der Waals surface area contributed by atoms with E-state index in [1.165, 1.54) is 77.0 Å². The highest BCUT2D eigenvalue weighted by atomic mass is 127. The van der Waals surface area contributed by atoms with Crippen LogP contribution in [0.4, 0.5) is 0 Å². The fourth-order valence-corrected chi connectivity index (χ4v) is 4.83. The summed E-state index contributed by atoms with van der Waals surface area (Å²) in [6, 6.07) is 0. The van der Waals surface area contributed by atoms with Crippen LogP contribution in [0.15, 0.2) is 0 Å². The Morgan fingerprint density at radius 1 is 0.485 bits per heavy atom. The van der Waals surface area contributed by atoms with E-state index in [1.54, 1.807) is 0 Å². The van der Waals surface area contributed by atoms with Crippen LogP contribution in [0.2, 0.25) is 0 Å². The molecule has 0 heterocycles. The lowest BCUT2D eigenvalue weighted by atomic mass is 9.87. The molecular weight excluding hydrogens is 638 g/mol. The Kier molecular flexibility index (Phi) is 26.5. The van der Waals surface area contributed by atoms with Crippen molar-refractivity contribution < 1.29 is 66.4 Å². The molecule has 6 heteroatoms. The fourth-order valence-electron chi connectivity index (χ4n) is 4.83. The molecule has 204 valence electrons. The van der Waals surface area contributed by atoms with Crippen LogP contribution in [-0.2, 0) is 9.47 Å². The molecule has 0 atom stereocenters. The molecule has 0 spiro atoms. The molecule has 0 aliphatic heterocycles. The minimum atomic E-state index is 0. The highest BCUT2D eigenvalue weighted by molar-refractivity contribution is 4.79. The number of unbranched alkanes of at least 4 members (excludes halogenated alkanes) is 10. The Labute approximate surface area is 243 Å². The van der Waals surface area contributed by atoms with E-state index in [0.717, 1.165) is 48.5 Å². The van der Waals surface area contributed by atoms with Crippen molar-refractivity contribution in [3.8, 4) is 0 Å². The zero-order valence-corrected chi connectivity index (χ0v) is 28.0. The summed E-state index contributed by atoms with van der Waals surface area (Å²) >= 11 is 0. The molecule has 33 heavy (non-hydrogen) atoms. The van der Waals surface area contributed by atoms with E-state index >= 15 is 0 Å². The smallest absolute Gasteiger partial charge is 0.115 e. The van der Waals surface area contributed by atoms with E-state index in [9.17, 15) is 0 Å². The lowest BCUT2D eigenvalue weighted by molar-refractivity contribution is -0.903. The molecule has 0 aromatic carbocycles. The van der Waals surface area contributed by atoms with Gasteiger partial charge >= 0.3 is 0 Å². The minimum Gasteiger partial charge on any atom is -1.00 e. The highest BCUT2D eigenvalue weighted by Crippen LogP contribution is 2.26. The molecular formula is C27H60I2N2O2. The average Bonchev–Trinajstić information content (AvgIpc) is 2.63. The lowest BCUT2D eigenvalue weighted by Crippen LogP contribution is -3.00. The third-order valence-electron chi connectivity index (χ3n) is 5.72. The zero-order chi connectivity index (χ0) is 23.6. The van der Waals surface area contributed by atoms with Gasteiger partial charge in [0.15, 0.2) is 0 Å². The Bertz CT molecular complexity index is 372. The first-order valence-electron chi connectivity index (χ1n) is 13.3. The second kappa shape index (κ2) is 22.5. The molecule has 0 amide bonds. The van der Waals surface area contributed by atoms with Gasteiger partial charge in [-0.05, 0) is 12.8 Å². The molecule has 0 bridgehead atoms. The van der Waals surface area contributed by atoms with E-state index in [1.807, 2.05) is 0 Å². The normalized spacial score (nSPS) is 12.4. The Morgan fingerprint density at radius 3 is 1.09 bits per heavy atom. The molecule has 0 unspecified atom stereocenters. The molecule has 0 aliphatic rings. The van der Waals surface area contributed by atoms with Crippen molar-refractivity contribution in [2.75, 3.05) is 81.8 Å². The van der Waals surface area contributed by atoms with Crippen LogP contribution in [0, 0.1) is 5.41 Å². The first kappa shape index (κ1) is 38.8. The average molecular weight is 699 g/mol. The maximum atomic E-state index is 6.32. The van der Waals surface area contributed by atoms with Gasteiger partial charge in [0.05, 0.1) is 68.6 Å². The third kappa shape index (κ3) is 26.2. The fraction of sp³-hybridized carbons (Fsp3) is 1.00. The van der Waals surface area contributed by atoms with Crippen LogP contribution in [0.1, 0.15) is 90.9 Å². The van der Waals surface area contributed by atoms with Crippen molar-refractivity contribution in [3.63, 3.8) is 0 Å². The van der Waals surface area contributed by atoms with E-state index in [0.29, 0.717) is 0 Å².